The Balaban J connectivity index is 1.97. The molecule has 0 fully saturated rings. The molecule has 2 rings (SSSR count). The average Bonchev–Trinajstić information content (AvgIpc) is 2.60. The smallest absolute Gasteiger partial charge is 0.251 e. The lowest BCUT2D eigenvalue weighted by atomic mass is 9.96. The number of benzene rings is 2. The van der Waals surface area contributed by atoms with Crippen molar-refractivity contribution in [2.24, 2.45) is 0 Å². The minimum atomic E-state index is -0.113. The summed E-state index contributed by atoms with van der Waals surface area (Å²) in [6.07, 6.45) is 0. The van der Waals surface area contributed by atoms with Crippen LogP contribution in [0.5, 0.6) is 11.5 Å². The van der Waals surface area contributed by atoms with Crippen molar-refractivity contribution in [1.82, 2.24) is 5.32 Å². The summed E-state index contributed by atoms with van der Waals surface area (Å²) in [6, 6.07) is 9.38. The van der Waals surface area contributed by atoms with Gasteiger partial charge in [0.2, 0.25) is 0 Å². The monoisotopic (exact) mass is 375 g/mol. The van der Waals surface area contributed by atoms with E-state index in [9.17, 15) is 4.79 Å². The fourth-order valence-electron chi connectivity index (χ4n) is 2.66. The molecule has 0 aliphatic heterocycles. The molecule has 0 aromatic heterocycles. The second-order valence-electron chi connectivity index (χ2n) is 6.58. The summed E-state index contributed by atoms with van der Waals surface area (Å²) in [6.45, 7) is 8.79. The Morgan fingerprint density at radius 1 is 1.15 bits per heavy atom. The summed E-state index contributed by atoms with van der Waals surface area (Å²) in [4.78, 5) is 12.5. The van der Waals surface area contributed by atoms with Gasteiger partial charge in [-0.05, 0) is 60.7 Å². The van der Waals surface area contributed by atoms with Gasteiger partial charge in [-0.2, -0.15) is 0 Å². The summed E-state index contributed by atoms with van der Waals surface area (Å²) in [7, 11) is 1.65. The number of amides is 1. The van der Waals surface area contributed by atoms with Gasteiger partial charge in [-0.3, -0.25) is 4.79 Å². The van der Waals surface area contributed by atoms with Crippen molar-refractivity contribution in [3.05, 3.63) is 57.6 Å². The van der Waals surface area contributed by atoms with Crippen LogP contribution >= 0.6 is 11.6 Å². The standard InChI is InChI=1S/C21H26ClNO3/c1-13(2)17-12-18(15(4)10-20(17)25-5)21(24)23-8-9-26-16-7-6-14(3)19(22)11-16/h6-7,10-13H,8-9H2,1-5H3,(H,23,24). The van der Waals surface area contributed by atoms with E-state index in [0.29, 0.717) is 29.5 Å². The summed E-state index contributed by atoms with van der Waals surface area (Å²) in [5.41, 5.74) is 3.57. The van der Waals surface area contributed by atoms with Gasteiger partial charge in [0.1, 0.15) is 18.1 Å². The van der Waals surface area contributed by atoms with Crippen LogP contribution < -0.4 is 14.8 Å². The first-order valence-electron chi connectivity index (χ1n) is 8.69. The minimum Gasteiger partial charge on any atom is -0.496 e. The van der Waals surface area contributed by atoms with Crippen LogP contribution in [0.2, 0.25) is 5.02 Å². The number of aryl methyl sites for hydroxylation is 2. The van der Waals surface area contributed by atoms with Gasteiger partial charge < -0.3 is 14.8 Å². The molecule has 2 aromatic carbocycles. The number of methoxy groups -OCH3 is 1. The highest BCUT2D eigenvalue weighted by Gasteiger charge is 2.15. The largest absolute Gasteiger partial charge is 0.496 e. The number of nitrogens with one attached hydrogen (secondary N) is 1. The van der Waals surface area contributed by atoms with Crippen LogP contribution in [0.3, 0.4) is 0 Å². The molecule has 0 aliphatic rings. The molecule has 0 bridgehead atoms. The molecule has 0 unspecified atom stereocenters. The quantitative estimate of drug-likeness (QED) is 0.700. The average molecular weight is 376 g/mol. The maximum absolute atomic E-state index is 12.5. The first-order valence-corrected chi connectivity index (χ1v) is 9.07. The molecule has 4 nitrogen and oxygen atoms in total. The van der Waals surface area contributed by atoms with Crippen LogP contribution in [0.25, 0.3) is 0 Å². The third-order valence-electron chi connectivity index (χ3n) is 4.24. The number of rotatable bonds is 7. The molecule has 0 spiro atoms. The fourth-order valence-corrected chi connectivity index (χ4v) is 2.83. The number of carbonyl (C=O) groups is 1. The molecule has 140 valence electrons. The third kappa shape index (κ3) is 4.92. The highest BCUT2D eigenvalue weighted by Crippen LogP contribution is 2.29. The van der Waals surface area contributed by atoms with E-state index in [0.717, 1.165) is 22.4 Å². The number of halogens is 1. The number of carbonyl (C=O) groups excluding carboxylic acids is 1. The van der Waals surface area contributed by atoms with Crippen LogP contribution in [-0.2, 0) is 0 Å². The molecule has 0 saturated carbocycles. The lowest BCUT2D eigenvalue weighted by Gasteiger charge is -2.16. The molecule has 0 radical (unpaired) electrons. The van der Waals surface area contributed by atoms with Crippen molar-refractivity contribution in [1.29, 1.82) is 0 Å². The Kier molecular flexibility index (Phi) is 6.92. The Labute approximate surface area is 160 Å². The lowest BCUT2D eigenvalue weighted by Crippen LogP contribution is -2.28. The Morgan fingerprint density at radius 3 is 2.50 bits per heavy atom. The topological polar surface area (TPSA) is 47.6 Å². The van der Waals surface area contributed by atoms with Crippen LogP contribution in [0.4, 0.5) is 0 Å². The van der Waals surface area contributed by atoms with Gasteiger partial charge in [-0.15, -0.1) is 0 Å². The van der Waals surface area contributed by atoms with E-state index >= 15 is 0 Å². The van der Waals surface area contributed by atoms with E-state index in [2.05, 4.69) is 19.2 Å². The normalized spacial score (nSPS) is 10.7. The van der Waals surface area contributed by atoms with Crippen LogP contribution in [0, 0.1) is 13.8 Å². The van der Waals surface area contributed by atoms with E-state index in [1.54, 1.807) is 13.2 Å². The van der Waals surface area contributed by atoms with Crippen molar-refractivity contribution in [3.8, 4) is 11.5 Å². The van der Waals surface area contributed by atoms with Crippen molar-refractivity contribution in [2.75, 3.05) is 20.3 Å². The van der Waals surface area contributed by atoms with Crippen molar-refractivity contribution < 1.29 is 14.3 Å². The van der Waals surface area contributed by atoms with Gasteiger partial charge in [0, 0.05) is 10.6 Å². The zero-order valence-electron chi connectivity index (χ0n) is 16.0. The predicted octanol–water partition coefficient (Wildman–Crippen LogP) is 4.90. The molecule has 26 heavy (non-hydrogen) atoms. The maximum Gasteiger partial charge on any atom is 0.251 e. The van der Waals surface area contributed by atoms with Crippen molar-refractivity contribution in [3.63, 3.8) is 0 Å². The SMILES string of the molecule is COc1cc(C)c(C(=O)NCCOc2ccc(C)c(Cl)c2)cc1C(C)C. The second kappa shape index (κ2) is 8.95. The molecule has 1 N–H and O–H groups in total. The Hall–Kier alpha value is -2.20. The molecule has 0 aliphatic carbocycles. The van der Waals surface area contributed by atoms with Gasteiger partial charge in [0.05, 0.1) is 13.7 Å². The van der Waals surface area contributed by atoms with Gasteiger partial charge in [0.15, 0.2) is 0 Å². The number of hydrogen-bond acceptors (Lipinski definition) is 3. The number of ether oxygens (including phenoxy) is 2. The fraction of sp³-hybridized carbons (Fsp3) is 0.381. The minimum absolute atomic E-state index is 0.113. The van der Waals surface area contributed by atoms with Crippen LogP contribution in [0.1, 0.15) is 46.8 Å². The molecule has 1 amide bonds. The van der Waals surface area contributed by atoms with Crippen molar-refractivity contribution >= 4 is 17.5 Å². The molecule has 2 aromatic rings. The predicted molar refractivity (Wildman–Crippen MR) is 106 cm³/mol. The Morgan fingerprint density at radius 2 is 1.88 bits per heavy atom. The van der Waals surface area contributed by atoms with E-state index < -0.39 is 0 Å². The highest BCUT2D eigenvalue weighted by molar-refractivity contribution is 6.31. The van der Waals surface area contributed by atoms with Crippen LogP contribution in [0.15, 0.2) is 30.3 Å². The van der Waals surface area contributed by atoms with Gasteiger partial charge in [-0.1, -0.05) is 31.5 Å². The van der Waals surface area contributed by atoms with Gasteiger partial charge >= 0.3 is 0 Å². The first kappa shape index (κ1) is 20.1. The van der Waals surface area contributed by atoms with E-state index in [-0.39, 0.29) is 11.8 Å². The van der Waals surface area contributed by atoms with E-state index in [1.165, 1.54) is 0 Å². The zero-order chi connectivity index (χ0) is 19.3. The molecular weight excluding hydrogens is 350 g/mol. The number of hydrogen-bond donors (Lipinski definition) is 1. The zero-order valence-corrected chi connectivity index (χ0v) is 16.7. The molecule has 0 atom stereocenters. The van der Waals surface area contributed by atoms with Crippen LogP contribution in [-0.4, -0.2) is 26.2 Å². The highest BCUT2D eigenvalue weighted by atomic mass is 35.5. The lowest BCUT2D eigenvalue weighted by molar-refractivity contribution is 0.0946. The second-order valence-corrected chi connectivity index (χ2v) is 6.99. The van der Waals surface area contributed by atoms with Gasteiger partial charge in [-0.25, -0.2) is 0 Å². The molecule has 5 heteroatoms. The summed E-state index contributed by atoms with van der Waals surface area (Å²) >= 11 is 6.08. The van der Waals surface area contributed by atoms with E-state index in [1.807, 2.05) is 38.1 Å². The van der Waals surface area contributed by atoms with Crippen molar-refractivity contribution in [2.45, 2.75) is 33.6 Å². The Bertz CT molecular complexity index is 787. The van der Waals surface area contributed by atoms with Gasteiger partial charge in [0.25, 0.3) is 5.91 Å². The summed E-state index contributed by atoms with van der Waals surface area (Å²) < 4.78 is 11.1. The van der Waals surface area contributed by atoms with E-state index in [4.69, 9.17) is 21.1 Å². The summed E-state index contributed by atoms with van der Waals surface area (Å²) in [5.74, 6) is 1.66. The first-order chi connectivity index (χ1) is 12.3. The maximum atomic E-state index is 12.5. The molecule has 0 saturated heterocycles. The molecule has 0 heterocycles. The molecular formula is C21H26ClNO3. The summed E-state index contributed by atoms with van der Waals surface area (Å²) in [5, 5.41) is 3.57. The third-order valence-corrected chi connectivity index (χ3v) is 4.65.